The minimum Gasteiger partial charge on any atom is -0.348 e. The van der Waals surface area contributed by atoms with Crippen molar-refractivity contribution in [1.82, 2.24) is 5.32 Å². The zero-order valence-electron chi connectivity index (χ0n) is 16.0. The minimum absolute atomic E-state index is 0.258. The zero-order chi connectivity index (χ0) is 20.6. The number of halogens is 1. The van der Waals surface area contributed by atoms with Gasteiger partial charge in [0.25, 0.3) is 11.8 Å². The molecular weight excluding hydrogens is 367 g/mol. The predicted molar refractivity (Wildman–Crippen MR) is 113 cm³/mol. The van der Waals surface area contributed by atoms with Crippen molar-refractivity contribution in [2.45, 2.75) is 6.54 Å². The zero-order valence-corrected chi connectivity index (χ0v) is 16.0. The van der Waals surface area contributed by atoms with Crippen molar-refractivity contribution < 1.29 is 14.0 Å². The van der Waals surface area contributed by atoms with Crippen LogP contribution in [-0.4, -0.2) is 18.9 Å². The summed E-state index contributed by atoms with van der Waals surface area (Å²) in [6, 6.07) is 22.4. The molecule has 0 spiro atoms. The number of hydrogen-bond acceptors (Lipinski definition) is 2. The topological polar surface area (TPSA) is 49.4 Å². The van der Waals surface area contributed by atoms with Crippen molar-refractivity contribution in [3.05, 3.63) is 107 Å². The molecular formula is C24H21FN2O2. The Morgan fingerprint density at radius 1 is 0.931 bits per heavy atom. The number of carbonyl (C=O) groups is 2. The van der Waals surface area contributed by atoms with Gasteiger partial charge in [0.15, 0.2) is 0 Å². The number of anilines is 1. The highest BCUT2D eigenvalue weighted by Crippen LogP contribution is 2.20. The fourth-order valence-electron chi connectivity index (χ4n) is 2.80. The van der Waals surface area contributed by atoms with Gasteiger partial charge in [-0.3, -0.25) is 9.59 Å². The number of nitrogens with one attached hydrogen (secondary N) is 1. The fraction of sp³-hybridized carbons (Fsp3) is 0.0833. The minimum atomic E-state index is -0.332. The Labute approximate surface area is 169 Å². The van der Waals surface area contributed by atoms with E-state index in [0.717, 1.165) is 5.56 Å². The molecule has 0 fully saturated rings. The van der Waals surface area contributed by atoms with Crippen LogP contribution in [0.15, 0.2) is 84.9 Å². The van der Waals surface area contributed by atoms with Gasteiger partial charge in [0.2, 0.25) is 0 Å². The molecule has 0 saturated carbocycles. The van der Waals surface area contributed by atoms with Crippen molar-refractivity contribution in [2.24, 2.45) is 0 Å². The first-order valence-corrected chi connectivity index (χ1v) is 9.17. The second-order valence-corrected chi connectivity index (χ2v) is 6.47. The number of benzene rings is 3. The maximum atomic E-state index is 13.0. The predicted octanol–water partition coefficient (Wildman–Crippen LogP) is 4.43. The van der Waals surface area contributed by atoms with Crippen molar-refractivity contribution >= 4 is 23.6 Å². The van der Waals surface area contributed by atoms with Gasteiger partial charge in [-0.2, -0.15) is 0 Å². The third kappa shape index (κ3) is 5.39. The lowest BCUT2D eigenvalue weighted by atomic mass is 10.1. The largest absolute Gasteiger partial charge is 0.348 e. The van der Waals surface area contributed by atoms with E-state index in [2.05, 4.69) is 5.32 Å². The normalized spacial score (nSPS) is 10.7. The Morgan fingerprint density at radius 2 is 1.59 bits per heavy atom. The molecule has 4 nitrogen and oxygen atoms in total. The molecule has 0 aliphatic carbocycles. The van der Waals surface area contributed by atoms with Gasteiger partial charge in [-0.15, -0.1) is 0 Å². The molecule has 3 aromatic rings. The van der Waals surface area contributed by atoms with Crippen LogP contribution >= 0.6 is 0 Å². The van der Waals surface area contributed by atoms with Gasteiger partial charge in [-0.05, 0) is 41.5 Å². The molecule has 3 aromatic carbocycles. The molecule has 3 rings (SSSR count). The first kappa shape index (κ1) is 20.0. The molecule has 0 aliphatic heterocycles. The monoisotopic (exact) mass is 388 g/mol. The van der Waals surface area contributed by atoms with Gasteiger partial charge in [0, 0.05) is 19.7 Å². The van der Waals surface area contributed by atoms with Crippen molar-refractivity contribution in [1.29, 1.82) is 0 Å². The second-order valence-electron chi connectivity index (χ2n) is 6.47. The van der Waals surface area contributed by atoms with E-state index in [-0.39, 0.29) is 17.6 Å². The Balaban J connectivity index is 1.71. The van der Waals surface area contributed by atoms with Gasteiger partial charge in [-0.25, -0.2) is 4.39 Å². The van der Waals surface area contributed by atoms with E-state index in [0.29, 0.717) is 23.4 Å². The molecule has 2 amide bonds. The van der Waals surface area contributed by atoms with Gasteiger partial charge in [-0.1, -0.05) is 54.6 Å². The van der Waals surface area contributed by atoms with Crippen LogP contribution in [-0.2, 0) is 11.3 Å². The standard InChI is InChI=1S/C24H21FN2O2/c1-27(23(28)16-13-18-11-14-20(25)15-12-18)22-10-6-5-9-21(22)24(29)26-17-19-7-3-2-4-8-19/h2-16H,17H2,1H3,(H,26,29)/b16-13+. The van der Waals surface area contributed by atoms with E-state index in [9.17, 15) is 14.0 Å². The number of likely N-dealkylation sites (N-methyl/N-ethyl adjacent to an activating group) is 1. The van der Waals surface area contributed by atoms with Crippen LogP contribution in [0, 0.1) is 5.82 Å². The molecule has 0 saturated heterocycles. The van der Waals surface area contributed by atoms with E-state index >= 15 is 0 Å². The summed E-state index contributed by atoms with van der Waals surface area (Å²) >= 11 is 0. The Hall–Kier alpha value is -3.73. The van der Waals surface area contributed by atoms with Gasteiger partial charge in [0.1, 0.15) is 5.82 Å². The first-order chi connectivity index (χ1) is 14.0. The molecule has 0 unspecified atom stereocenters. The highest BCUT2D eigenvalue weighted by Gasteiger charge is 2.16. The van der Waals surface area contributed by atoms with Crippen LogP contribution in [0.2, 0.25) is 0 Å². The summed E-state index contributed by atoms with van der Waals surface area (Å²) in [4.78, 5) is 26.7. The molecule has 0 aromatic heterocycles. The molecule has 146 valence electrons. The molecule has 5 heteroatoms. The molecule has 1 N–H and O–H groups in total. The summed E-state index contributed by atoms with van der Waals surface area (Å²) in [6.07, 6.45) is 3.00. The van der Waals surface area contributed by atoms with Crippen LogP contribution < -0.4 is 10.2 Å². The van der Waals surface area contributed by atoms with Crippen molar-refractivity contribution in [3.8, 4) is 0 Å². The van der Waals surface area contributed by atoms with Crippen LogP contribution in [0.25, 0.3) is 6.08 Å². The highest BCUT2D eigenvalue weighted by molar-refractivity contribution is 6.08. The average Bonchev–Trinajstić information content (AvgIpc) is 2.77. The van der Waals surface area contributed by atoms with Gasteiger partial charge < -0.3 is 10.2 Å². The first-order valence-electron chi connectivity index (χ1n) is 9.17. The van der Waals surface area contributed by atoms with E-state index in [1.807, 2.05) is 30.3 Å². The SMILES string of the molecule is CN(C(=O)/C=C/c1ccc(F)cc1)c1ccccc1C(=O)NCc1ccccc1. The number of para-hydroxylation sites is 1. The quantitative estimate of drug-likeness (QED) is 0.635. The highest BCUT2D eigenvalue weighted by atomic mass is 19.1. The molecule has 29 heavy (non-hydrogen) atoms. The summed E-state index contributed by atoms with van der Waals surface area (Å²) in [6.45, 7) is 0.399. The van der Waals surface area contributed by atoms with E-state index < -0.39 is 0 Å². The lowest BCUT2D eigenvalue weighted by Crippen LogP contribution is -2.29. The molecule has 0 bridgehead atoms. The fourth-order valence-corrected chi connectivity index (χ4v) is 2.80. The van der Waals surface area contributed by atoms with Gasteiger partial charge >= 0.3 is 0 Å². The summed E-state index contributed by atoms with van der Waals surface area (Å²) in [5.41, 5.74) is 2.62. The number of amides is 2. The Kier molecular flexibility index (Phi) is 6.53. The summed E-state index contributed by atoms with van der Waals surface area (Å²) in [5.74, 6) is -0.884. The Morgan fingerprint density at radius 3 is 2.31 bits per heavy atom. The van der Waals surface area contributed by atoms with Crippen LogP contribution in [0.3, 0.4) is 0 Å². The van der Waals surface area contributed by atoms with E-state index in [1.165, 1.54) is 23.1 Å². The summed E-state index contributed by atoms with van der Waals surface area (Å²) < 4.78 is 13.0. The second kappa shape index (κ2) is 9.46. The van der Waals surface area contributed by atoms with Crippen LogP contribution in [0.1, 0.15) is 21.5 Å². The maximum Gasteiger partial charge on any atom is 0.253 e. The number of hydrogen-bond donors (Lipinski definition) is 1. The lowest BCUT2D eigenvalue weighted by Gasteiger charge is -2.19. The molecule has 0 atom stereocenters. The number of carbonyl (C=O) groups excluding carboxylic acids is 2. The smallest absolute Gasteiger partial charge is 0.253 e. The lowest BCUT2D eigenvalue weighted by molar-refractivity contribution is -0.113. The van der Waals surface area contributed by atoms with Gasteiger partial charge in [0.05, 0.1) is 11.3 Å². The Bertz CT molecular complexity index is 1010. The molecule has 0 radical (unpaired) electrons. The number of nitrogens with zero attached hydrogens (tertiary/aromatic N) is 1. The van der Waals surface area contributed by atoms with E-state index in [1.54, 1.807) is 49.5 Å². The molecule has 0 heterocycles. The summed E-state index contributed by atoms with van der Waals surface area (Å²) in [7, 11) is 1.61. The van der Waals surface area contributed by atoms with Crippen LogP contribution in [0.5, 0.6) is 0 Å². The third-order valence-corrected chi connectivity index (χ3v) is 4.42. The number of rotatable bonds is 6. The molecule has 0 aliphatic rings. The van der Waals surface area contributed by atoms with Crippen LogP contribution in [0.4, 0.5) is 10.1 Å². The average molecular weight is 388 g/mol. The van der Waals surface area contributed by atoms with Crippen molar-refractivity contribution in [2.75, 3.05) is 11.9 Å². The summed E-state index contributed by atoms with van der Waals surface area (Å²) in [5, 5.41) is 2.88. The van der Waals surface area contributed by atoms with E-state index in [4.69, 9.17) is 0 Å². The third-order valence-electron chi connectivity index (χ3n) is 4.42. The van der Waals surface area contributed by atoms with Crippen molar-refractivity contribution in [3.63, 3.8) is 0 Å². The maximum absolute atomic E-state index is 13.0.